The summed E-state index contributed by atoms with van der Waals surface area (Å²) >= 11 is 7.28. The fraction of sp³-hybridized carbons (Fsp3) is 0.0323. The minimum atomic E-state index is -0.481. The molecule has 0 radical (unpaired) electrons. The maximum Gasteiger partial charge on any atom is 0.137 e. The number of para-hydroxylation sites is 1. The molecular weight excluding hydrogens is 424 g/mol. The summed E-state index contributed by atoms with van der Waals surface area (Å²) < 4.78 is 6.34. The summed E-state index contributed by atoms with van der Waals surface area (Å²) in [6, 6.07) is 40.5. The van der Waals surface area contributed by atoms with Crippen molar-refractivity contribution in [1.29, 1.82) is 0 Å². The van der Waals surface area contributed by atoms with Crippen LogP contribution < -0.4 is 0 Å². The molecule has 0 aliphatic heterocycles. The Kier molecular flexibility index (Phi) is 3.88. The van der Waals surface area contributed by atoms with Crippen LogP contribution in [0.3, 0.4) is 0 Å². The van der Waals surface area contributed by atoms with Crippen LogP contribution in [0.15, 0.2) is 120 Å². The highest BCUT2D eigenvalue weighted by Gasteiger charge is 2.47. The van der Waals surface area contributed by atoms with Crippen LogP contribution in [0.2, 0.25) is 5.02 Å². The summed E-state index contributed by atoms with van der Waals surface area (Å²) in [7, 11) is 0. The van der Waals surface area contributed by atoms with E-state index >= 15 is 0 Å². The molecule has 0 fully saturated rings. The molecule has 0 unspecified atom stereocenters. The van der Waals surface area contributed by atoms with E-state index in [1.54, 1.807) is 0 Å². The van der Waals surface area contributed by atoms with Gasteiger partial charge in [0.25, 0.3) is 0 Å². The largest absolute Gasteiger partial charge is 0.456 e. The molecule has 1 aliphatic rings. The molecule has 0 spiro atoms. The Morgan fingerprint density at radius 3 is 1.91 bits per heavy atom. The second kappa shape index (κ2) is 6.84. The van der Waals surface area contributed by atoms with Crippen molar-refractivity contribution in [3.8, 4) is 11.1 Å². The van der Waals surface area contributed by atoms with Crippen LogP contribution in [0.1, 0.15) is 22.3 Å². The van der Waals surface area contributed by atoms with Crippen LogP contribution in [-0.4, -0.2) is 0 Å². The van der Waals surface area contributed by atoms with Crippen LogP contribution in [0, 0.1) is 0 Å². The molecule has 6 aromatic rings. The van der Waals surface area contributed by atoms with Gasteiger partial charge >= 0.3 is 0 Å². The fourth-order valence-electron chi connectivity index (χ4n) is 5.74. The van der Waals surface area contributed by atoms with E-state index < -0.39 is 5.41 Å². The highest BCUT2D eigenvalue weighted by molar-refractivity contribution is 6.41. The lowest BCUT2D eigenvalue weighted by Gasteiger charge is -2.33. The van der Waals surface area contributed by atoms with Crippen molar-refractivity contribution in [2.45, 2.75) is 5.41 Å². The van der Waals surface area contributed by atoms with Crippen molar-refractivity contribution in [3.05, 3.63) is 143 Å². The molecule has 1 aromatic heterocycles. The smallest absolute Gasteiger partial charge is 0.137 e. The van der Waals surface area contributed by atoms with Gasteiger partial charge in [0.2, 0.25) is 0 Å². The van der Waals surface area contributed by atoms with E-state index in [2.05, 4.69) is 97.1 Å². The van der Waals surface area contributed by atoms with E-state index in [4.69, 9.17) is 16.0 Å². The van der Waals surface area contributed by atoms with E-state index in [0.29, 0.717) is 0 Å². The summed E-state index contributed by atoms with van der Waals surface area (Å²) in [6.45, 7) is 0. The Morgan fingerprint density at radius 1 is 0.576 bits per heavy atom. The number of hydrogen-bond donors (Lipinski definition) is 0. The van der Waals surface area contributed by atoms with Crippen molar-refractivity contribution in [2.75, 3.05) is 0 Å². The van der Waals surface area contributed by atoms with Crippen molar-refractivity contribution in [1.82, 2.24) is 0 Å². The van der Waals surface area contributed by atoms with Gasteiger partial charge in [0.05, 0.1) is 10.4 Å². The minimum absolute atomic E-state index is 0.481. The van der Waals surface area contributed by atoms with Crippen molar-refractivity contribution in [2.24, 2.45) is 0 Å². The lowest BCUT2D eigenvalue weighted by atomic mass is 9.67. The molecule has 0 bridgehead atoms. The molecule has 2 heteroatoms. The fourth-order valence-corrected chi connectivity index (χ4v) is 6.13. The number of rotatable bonds is 2. The molecular formula is C31H19ClO. The third-order valence-corrected chi connectivity index (χ3v) is 7.40. The highest BCUT2D eigenvalue weighted by Crippen LogP contribution is 2.59. The standard InChI is InChI=1S/C31H19ClO/c32-30-28-22-15-7-9-17-24(22)31(20-11-3-1-4-12-20,21-13-5-2-6-14-21)25(28)19-27-29(30)23-16-8-10-18-26(23)33-27/h1-19H. The van der Waals surface area contributed by atoms with Gasteiger partial charge in [0, 0.05) is 16.3 Å². The maximum absolute atomic E-state index is 7.28. The maximum atomic E-state index is 7.28. The van der Waals surface area contributed by atoms with Gasteiger partial charge in [-0.1, -0.05) is 115 Å². The molecule has 1 aliphatic carbocycles. The quantitative estimate of drug-likeness (QED) is 0.261. The molecule has 156 valence electrons. The SMILES string of the molecule is Clc1c2c(cc3oc4ccccc4c13)C(c1ccccc1)(c1ccccc1)c1ccccc1-2. The van der Waals surface area contributed by atoms with Crippen LogP contribution in [0.25, 0.3) is 33.1 Å². The van der Waals surface area contributed by atoms with Gasteiger partial charge in [-0.2, -0.15) is 0 Å². The molecule has 1 nitrogen and oxygen atoms in total. The van der Waals surface area contributed by atoms with E-state index in [0.717, 1.165) is 38.1 Å². The summed E-state index contributed by atoms with van der Waals surface area (Å²) in [5.74, 6) is 0. The highest BCUT2D eigenvalue weighted by atomic mass is 35.5. The Bertz CT molecular complexity index is 1620. The van der Waals surface area contributed by atoms with E-state index in [1.807, 2.05) is 18.2 Å². The van der Waals surface area contributed by atoms with Gasteiger partial charge in [-0.3, -0.25) is 0 Å². The van der Waals surface area contributed by atoms with Crippen LogP contribution in [0.4, 0.5) is 0 Å². The monoisotopic (exact) mass is 442 g/mol. The van der Waals surface area contributed by atoms with E-state index in [9.17, 15) is 0 Å². The molecule has 7 rings (SSSR count). The first kappa shape index (κ1) is 18.7. The third-order valence-electron chi connectivity index (χ3n) is 7.02. The molecule has 0 saturated heterocycles. The van der Waals surface area contributed by atoms with Crippen molar-refractivity contribution < 1.29 is 4.42 Å². The number of fused-ring (bicyclic) bond motifs is 6. The summed E-state index contributed by atoms with van der Waals surface area (Å²) in [5, 5.41) is 2.79. The average Bonchev–Trinajstić information content (AvgIpc) is 3.39. The van der Waals surface area contributed by atoms with E-state index in [1.165, 1.54) is 22.3 Å². The Labute approximate surface area is 196 Å². The van der Waals surface area contributed by atoms with Crippen molar-refractivity contribution in [3.63, 3.8) is 0 Å². The topological polar surface area (TPSA) is 13.1 Å². The zero-order valence-corrected chi connectivity index (χ0v) is 18.5. The molecule has 1 heterocycles. The predicted molar refractivity (Wildman–Crippen MR) is 136 cm³/mol. The van der Waals surface area contributed by atoms with Gasteiger partial charge < -0.3 is 4.42 Å². The summed E-state index contributed by atoms with van der Waals surface area (Å²) in [4.78, 5) is 0. The second-order valence-corrected chi connectivity index (χ2v) is 8.99. The van der Waals surface area contributed by atoms with Crippen LogP contribution in [0.5, 0.6) is 0 Å². The molecule has 5 aromatic carbocycles. The van der Waals surface area contributed by atoms with Crippen LogP contribution in [-0.2, 0) is 5.41 Å². The first-order chi connectivity index (χ1) is 16.3. The van der Waals surface area contributed by atoms with Gasteiger partial charge in [-0.05, 0) is 39.9 Å². The first-order valence-corrected chi connectivity index (χ1v) is 11.5. The zero-order chi connectivity index (χ0) is 22.0. The minimum Gasteiger partial charge on any atom is -0.456 e. The molecule has 0 amide bonds. The number of halogens is 1. The number of benzene rings is 5. The van der Waals surface area contributed by atoms with Gasteiger partial charge in [-0.15, -0.1) is 0 Å². The molecule has 0 atom stereocenters. The van der Waals surface area contributed by atoms with Crippen molar-refractivity contribution >= 4 is 33.5 Å². The predicted octanol–water partition coefficient (Wildman–Crippen LogP) is 8.60. The molecule has 33 heavy (non-hydrogen) atoms. The molecule has 0 N–H and O–H groups in total. The summed E-state index contributed by atoms with van der Waals surface area (Å²) in [6.07, 6.45) is 0. The number of hydrogen-bond acceptors (Lipinski definition) is 1. The summed E-state index contributed by atoms with van der Waals surface area (Å²) in [5.41, 5.74) is 8.32. The van der Waals surface area contributed by atoms with Gasteiger partial charge in [-0.25, -0.2) is 0 Å². The average molecular weight is 443 g/mol. The third kappa shape index (κ3) is 2.38. The lowest BCUT2D eigenvalue weighted by molar-refractivity contribution is 0.666. The Balaban J connectivity index is 1.72. The normalized spacial score (nSPS) is 13.8. The number of furan rings is 1. The van der Waals surface area contributed by atoms with Gasteiger partial charge in [0.15, 0.2) is 0 Å². The first-order valence-electron chi connectivity index (χ1n) is 11.2. The molecule has 0 saturated carbocycles. The Morgan fingerprint density at radius 2 is 1.18 bits per heavy atom. The van der Waals surface area contributed by atoms with Gasteiger partial charge in [0.1, 0.15) is 11.2 Å². The lowest BCUT2D eigenvalue weighted by Crippen LogP contribution is -2.28. The van der Waals surface area contributed by atoms with E-state index in [-0.39, 0.29) is 0 Å². The Hall–Kier alpha value is -3.81. The second-order valence-electron chi connectivity index (χ2n) is 8.61. The zero-order valence-electron chi connectivity index (χ0n) is 17.8. The van der Waals surface area contributed by atoms with Crippen LogP contribution >= 0.6 is 11.6 Å².